The van der Waals surface area contributed by atoms with E-state index >= 15 is 0 Å². The molecule has 3 aromatic rings. The van der Waals surface area contributed by atoms with Gasteiger partial charge >= 0.3 is 0 Å². The summed E-state index contributed by atoms with van der Waals surface area (Å²) in [4.78, 5) is 4.58. The molecule has 1 fully saturated rings. The number of halogens is 1. The number of hydrogen-bond acceptors (Lipinski definition) is 6. The standard InChI is InChI=1S/C22H22IN3O2S/c1-27-20-12-15(11-18(23)21(20)28-17-9-5-6-10-17)13-24-26-22-25-19(14-29-22)16-7-3-2-4-8-16/h2-4,7-8,11-14,17H,5-6,9-10H2,1H3,(H,25,26). The molecule has 1 saturated carbocycles. The van der Waals surface area contributed by atoms with Gasteiger partial charge in [-0.2, -0.15) is 5.10 Å². The number of thiazole rings is 1. The number of nitrogens with zero attached hydrogens (tertiary/aromatic N) is 2. The summed E-state index contributed by atoms with van der Waals surface area (Å²) in [6.07, 6.45) is 6.78. The van der Waals surface area contributed by atoms with Crippen LogP contribution in [0.2, 0.25) is 0 Å². The Bertz CT molecular complexity index is 985. The molecule has 0 amide bonds. The fourth-order valence-corrected chi connectivity index (χ4v) is 4.75. The van der Waals surface area contributed by atoms with Gasteiger partial charge in [0.05, 0.1) is 28.7 Å². The fraction of sp³-hybridized carbons (Fsp3) is 0.273. The summed E-state index contributed by atoms with van der Waals surface area (Å²) in [5, 5.41) is 7.12. The Kier molecular flexibility index (Phi) is 6.66. The van der Waals surface area contributed by atoms with Crippen LogP contribution < -0.4 is 14.9 Å². The van der Waals surface area contributed by atoms with Crippen LogP contribution in [0.5, 0.6) is 11.5 Å². The Morgan fingerprint density at radius 1 is 1.21 bits per heavy atom. The Morgan fingerprint density at radius 3 is 2.76 bits per heavy atom. The van der Waals surface area contributed by atoms with E-state index in [1.165, 1.54) is 24.2 Å². The van der Waals surface area contributed by atoms with Crippen molar-refractivity contribution in [3.63, 3.8) is 0 Å². The number of ether oxygens (including phenoxy) is 2. The number of nitrogens with one attached hydrogen (secondary N) is 1. The molecule has 2 aromatic carbocycles. The molecule has 0 radical (unpaired) electrons. The maximum absolute atomic E-state index is 6.20. The van der Waals surface area contributed by atoms with Gasteiger partial charge in [0.1, 0.15) is 0 Å². The van der Waals surface area contributed by atoms with Crippen LogP contribution in [0.15, 0.2) is 52.9 Å². The highest BCUT2D eigenvalue weighted by atomic mass is 127. The summed E-state index contributed by atoms with van der Waals surface area (Å²) in [6.45, 7) is 0. The van der Waals surface area contributed by atoms with E-state index in [1.54, 1.807) is 13.3 Å². The van der Waals surface area contributed by atoms with Gasteiger partial charge in [0.15, 0.2) is 11.5 Å². The number of aromatic nitrogens is 1. The lowest BCUT2D eigenvalue weighted by atomic mass is 10.2. The molecule has 7 heteroatoms. The molecule has 0 saturated heterocycles. The molecule has 1 aliphatic carbocycles. The largest absolute Gasteiger partial charge is 0.493 e. The zero-order valence-electron chi connectivity index (χ0n) is 16.1. The van der Waals surface area contributed by atoms with Crippen molar-refractivity contribution in [2.24, 2.45) is 5.10 Å². The first kappa shape index (κ1) is 20.2. The van der Waals surface area contributed by atoms with E-state index in [0.717, 1.165) is 49.9 Å². The van der Waals surface area contributed by atoms with Gasteiger partial charge in [-0.25, -0.2) is 4.98 Å². The van der Waals surface area contributed by atoms with Crippen LogP contribution >= 0.6 is 33.9 Å². The van der Waals surface area contributed by atoms with Crippen LogP contribution in [0.3, 0.4) is 0 Å². The van der Waals surface area contributed by atoms with Crippen molar-refractivity contribution in [2.75, 3.05) is 12.5 Å². The second-order valence-corrected chi connectivity index (χ2v) is 8.85. The Balaban J connectivity index is 1.44. The minimum atomic E-state index is 0.294. The van der Waals surface area contributed by atoms with E-state index < -0.39 is 0 Å². The fourth-order valence-electron chi connectivity index (χ4n) is 3.33. The molecule has 4 rings (SSSR count). The monoisotopic (exact) mass is 519 g/mol. The molecular formula is C22H22IN3O2S. The molecule has 5 nitrogen and oxygen atoms in total. The molecule has 1 aliphatic rings. The zero-order valence-corrected chi connectivity index (χ0v) is 19.1. The smallest absolute Gasteiger partial charge is 0.203 e. The third-order valence-electron chi connectivity index (χ3n) is 4.79. The molecule has 0 bridgehead atoms. The number of hydrogen-bond donors (Lipinski definition) is 1. The van der Waals surface area contributed by atoms with Crippen LogP contribution in [0.25, 0.3) is 11.3 Å². The highest BCUT2D eigenvalue weighted by Crippen LogP contribution is 2.36. The van der Waals surface area contributed by atoms with Crippen molar-refractivity contribution in [1.82, 2.24) is 4.98 Å². The maximum Gasteiger partial charge on any atom is 0.203 e. The summed E-state index contributed by atoms with van der Waals surface area (Å²) in [6, 6.07) is 14.1. The molecule has 0 spiro atoms. The topological polar surface area (TPSA) is 55.7 Å². The first-order chi connectivity index (χ1) is 14.2. The van der Waals surface area contributed by atoms with E-state index in [-0.39, 0.29) is 0 Å². The molecule has 1 aromatic heterocycles. The van der Waals surface area contributed by atoms with Crippen molar-refractivity contribution in [3.8, 4) is 22.8 Å². The van der Waals surface area contributed by atoms with Gasteiger partial charge < -0.3 is 9.47 Å². The summed E-state index contributed by atoms with van der Waals surface area (Å²) < 4.78 is 12.8. The van der Waals surface area contributed by atoms with Gasteiger partial charge in [-0.1, -0.05) is 30.3 Å². The van der Waals surface area contributed by atoms with Crippen LogP contribution in [0.4, 0.5) is 5.13 Å². The number of benzene rings is 2. The van der Waals surface area contributed by atoms with Crippen molar-refractivity contribution in [2.45, 2.75) is 31.8 Å². The minimum Gasteiger partial charge on any atom is -0.493 e. The predicted octanol–water partition coefficient (Wildman–Crippen LogP) is 6.19. The Morgan fingerprint density at radius 2 is 2.00 bits per heavy atom. The number of hydrazone groups is 1. The molecular weight excluding hydrogens is 497 g/mol. The molecule has 1 N–H and O–H groups in total. The van der Waals surface area contributed by atoms with E-state index in [1.807, 2.05) is 41.8 Å². The average Bonchev–Trinajstić information content (AvgIpc) is 3.42. The van der Waals surface area contributed by atoms with Gasteiger partial charge in [-0.15, -0.1) is 11.3 Å². The van der Waals surface area contributed by atoms with E-state index in [2.05, 4.69) is 44.2 Å². The molecule has 1 heterocycles. The Hall–Kier alpha value is -2.13. The summed E-state index contributed by atoms with van der Waals surface area (Å²) in [7, 11) is 1.67. The molecule has 0 aliphatic heterocycles. The van der Waals surface area contributed by atoms with Crippen molar-refractivity contribution in [1.29, 1.82) is 0 Å². The van der Waals surface area contributed by atoms with Crippen LogP contribution in [-0.4, -0.2) is 24.4 Å². The predicted molar refractivity (Wildman–Crippen MR) is 127 cm³/mol. The zero-order chi connectivity index (χ0) is 20.1. The lowest BCUT2D eigenvalue weighted by molar-refractivity contribution is 0.199. The van der Waals surface area contributed by atoms with E-state index in [9.17, 15) is 0 Å². The van der Waals surface area contributed by atoms with Gasteiger partial charge in [0, 0.05) is 10.9 Å². The lowest BCUT2D eigenvalue weighted by Crippen LogP contribution is -2.12. The second-order valence-electron chi connectivity index (χ2n) is 6.83. The Labute approximate surface area is 188 Å². The van der Waals surface area contributed by atoms with Crippen molar-refractivity contribution >= 4 is 45.3 Å². The average molecular weight is 519 g/mol. The van der Waals surface area contributed by atoms with E-state index in [0.29, 0.717) is 6.10 Å². The number of methoxy groups -OCH3 is 1. The second kappa shape index (κ2) is 9.58. The minimum absolute atomic E-state index is 0.294. The summed E-state index contributed by atoms with van der Waals surface area (Å²) in [5.74, 6) is 1.57. The highest BCUT2D eigenvalue weighted by molar-refractivity contribution is 14.1. The van der Waals surface area contributed by atoms with Crippen molar-refractivity contribution < 1.29 is 9.47 Å². The van der Waals surface area contributed by atoms with Crippen LogP contribution in [0, 0.1) is 3.57 Å². The normalized spacial score (nSPS) is 14.4. The first-order valence-electron chi connectivity index (χ1n) is 9.57. The van der Waals surface area contributed by atoms with Gasteiger partial charge in [-0.3, -0.25) is 5.43 Å². The molecule has 150 valence electrons. The molecule has 29 heavy (non-hydrogen) atoms. The van der Waals surface area contributed by atoms with Crippen LogP contribution in [0.1, 0.15) is 31.2 Å². The third kappa shape index (κ3) is 5.08. The van der Waals surface area contributed by atoms with Gasteiger partial charge in [0.25, 0.3) is 0 Å². The lowest BCUT2D eigenvalue weighted by Gasteiger charge is -2.17. The maximum atomic E-state index is 6.20. The molecule has 0 atom stereocenters. The number of anilines is 1. The first-order valence-corrected chi connectivity index (χ1v) is 11.5. The summed E-state index contributed by atoms with van der Waals surface area (Å²) >= 11 is 3.83. The van der Waals surface area contributed by atoms with Crippen LogP contribution in [-0.2, 0) is 0 Å². The molecule has 0 unspecified atom stereocenters. The van der Waals surface area contributed by atoms with Gasteiger partial charge in [-0.05, 0) is 66.0 Å². The number of rotatable bonds is 7. The summed E-state index contributed by atoms with van der Waals surface area (Å²) in [5.41, 5.74) is 6.00. The van der Waals surface area contributed by atoms with E-state index in [4.69, 9.17) is 9.47 Å². The third-order valence-corrected chi connectivity index (χ3v) is 6.33. The van der Waals surface area contributed by atoms with Crippen molar-refractivity contribution in [3.05, 3.63) is 57.0 Å². The van der Waals surface area contributed by atoms with Gasteiger partial charge in [0.2, 0.25) is 5.13 Å². The SMILES string of the molecule is COc1cc(C=NNc2nc(-c3ccccc3)cs2)cc(I)c1OC1CCCC1. The quantitative estimate of drug-likeness (QED) is 0.230. The highest BCUT2D eigenvalue weighted by Gasteiger charge is 2.20.